The number of fused-ring (bicyclic) bond motifs is 2. The molecule has 0 radical (unpaired) electrons. The third-order valence-electron chi connectivity index (χ3n) is 8.88. The summed E-state index contributed by atoms with van der Waals surface area (Å²) in [5.74, 6) is 1.50. The first-order chi connectivity index (χ1) is 23.2. The maximum absolute atomic E-state index is 12.9. The van der Waals surface area contributed by atoms with Crippen LogP contribution >= 0.6 is 0 Å². The summed E-state index contributed by atoms with van der Waals surface area (Å²) in [5, 5.41) is 2.23. The second kappa shape index (κ2) is 12.1. The Morgan fingerprint density at radius 1 is 0.796 bits per heavy atom. The molecule has 10 nitrogen and oxygen atoms in total. The average Bonchev–Trinajstić information content (AvgIpc) is 3.83. The van der Waals surface area contributed by atoms with Gasteiger partial charge in [-0.2, -0.15) is 0 Å². The predicted molar refractivity (Wildman–Crippen MR) is 191 cm³/mol. The maximum atomic E-state index is 12.9. The standard InChI is InChI=1S/C39H44N6O4/c1-23-17-33(45(22-23)37(47)49-39(5,6)7)34-40-21-31(43-34)28-13-12-24-18-25(10-11-26(24)19-28)27-14-15-29-30(20-27)42-35(41-29)32-9-8-16-44(32)36(46)48-38(2,3)4/h10-15,17-21,32-33H,8-9,16,22H2,1-7H3,(H,40,43)(H,41,42)/t32-,33?/m0/s1. The average molecular weight is 661 g/mol. The van der Waals surface area contributed by atoms with Crippen molar-refractivity contribution >= 4 is 34.0 Å². The van der Waals surface area contributed by atoms with Crippen molar-refractivity contribution in [3.05, 3.63) is 84.1 Å². The molecule has 0 spiro atoms. The minimum atomic E-state index is -0.574. The zero-order chi connectivity index (χ0) is 34.7. The molecule has 0 bridgehead atoms. The van der Waals surface area contributed by atoms with E-state index in [1.165, 1.54) is 0 Å². The van der Waals surface area contributed by atoms with Gasteiger partial charge in [-0.25, -0.2) is 19.6 Å². The number of aromatic amines is 2. The van der Waals surface area contributed by atoms with Crippen LogP contribution in [0.25, 0.3) is 44.2 Å². The van der Waals surface area contributed by atoms with E-state index >= 15 is 0 Å². The molecule has 2 N–H and O–H groups in total. The quantitative estimate of drug-likeness (QED) is 0.186. The number of rotatable bonds is 4. The van der Waals surface area contributed by atoms with Gasteiger partial charge in [-0.05, 0) is 107 Å². The van der Waals surface area contributed by atoms with Crippen molar-refractivity contribution in [3.63, 3.8) is 0 Å². The first-order valence-electron chi connectivity index (χ1n) is 17.0. The fraction of sp³-hybridized carbons (Fsp3) is 0.385. The molecule has 49 heavy (non-hydrogen) atoms. The second-order valence-corrected chi connectivity index (χ2v) is 15.2. The molecule has 2 amide bonds. The summed E-state index contributed by atoms with van der Waals surface area (Å²) in [7, 11) is 0. The number of carbonyl (C=O) groups excluding carboxylic acids is 2. The van der Waals surface area contributed by atoms with Gasteiger partial charge in [-0.3, -0.25) is 9.80 Å². The van der Waals surface area contributed by atoms with Crippen LogP contribution in [0.2, 0.25) is 0 Å². The van der Waals surface area contributed by atoms with Crippen molar-refractivity contribution in [2.45, 2.75) is 84.6 Å². The molecule has 1 fully saturated rings. The highest BCUT2D eigenvalue weighted by atomic mass is 16.6. The topological polar surface area (TPSA) is 116 Å². The van der Waals surface area contributed by atoms with Crippen LogP contribution in [0.3, 0.4) is 0 Å². The Labute approximate surface area is 286 Å². The van der Waals surface area contributed by atoms with Gasteiger partial charge in [-0.1, -0.05) is 42.0 Å². The molecule has 3 aromatic carbocycles. The van der Waals surface area contributed by atoms with Gasteiger partial charge >= 0.3 is 12.2 Å². The summed E-state index contributed by atoms with van der Waals surface area (Å²) in [6.07, 6.45) is 5.00. The van der Waals surface area contributed by atoms with Crippen LogP contribution < -0.4 is 0 Å². The van der Waals surface area contributed by atoms with Gasteiger partial charge in [-0.15, -0.1) is 0 Å². The minimum absolute atomic E-state index is 0.130. The number of carbonyl (C=O) groups is 2. The van der Waals surface area contributed by atoms with E-state index < -0.39 is 11.2 Å². The van der Waals surface area contributed by atoms with Gasteiger partial charge in [0.05, 0.1) is 29.0 Å². The van der Waals surface area contributed by atoms with E-state index in [4.69, 9.17) is 14.5 Å². The number of benzene rings is 3. The van der Waals surface area contributed by atoms with E-state index in [9.17, 15) is 9.59 Å². The number of likely N-dealkylation sites (tertiary alicyclic amines) is 1. The van der Waals surface area contributed by atoms with Crippen LogP contribution in [0, 0.1) is 0 Å². The Morgan fingerprint density at radius 2 is 1.43 bits per heavy atom. The fourth-order valence-electron chi connectivity index (χ4n) is 6.69. The molecule has 10 heteroatoms. The zero-order valence-electron chi connectivity index (χ0n) is 29.3. The van der Waals surface area contributed by atoms with Gasteiger partial charge in [0.1, 0.15) is 28.9 Å². The molecule has 7 rings (SSSR count). The Kier molecular flexibility index (Phi) is 8.00. The summed E-state index contributed by atoms with van der Waals surface area (Å²) in [5.41, 5.74) is 5.87. The van der Waals surface area contributed by atoms with Crippen molar-refractivity contribution in [3.8, 4) is 22.4 Å². The van der Waals surface area contributed by atoms with Crippen LogP contribution in [-0.4, -0.2) is 66.2 Å². The fourth-order valence-corrected chi connectivity index (χ4v) is 6.69. The molecule has 2 atom stereocenters. The zero-order valence-corrected chi connectivity index (χ0v) is 29.3. The molecule has 254 valence electrons. The van der Waals surface area contributed by atoms with Crippen LogP contribution in [0.5, 0.6) is 0 Å². The second-order valence-electron chi connectivity index (χ2n) is 15.2. The monoisotopic (exact) mass is 660 g/mol. The largest absolute Gasteiger partial charge is 0.444 e. The first-order valence-corrected chi connectivity index (χ1v) is 17.0. The molecular weight excluding hydrogens is 616 g/mol. The Hall–Kier alpha value is -5.12. The molecule has 5 aromatic rings. The van der Waals surface area contributed by atoms with Gasteiger partial charge in [0.25, 0.3) is 0 Å². The van der Waals surface area contributed by atoms with E-state index in [2.05, 4.69) is 69.6 Å². The summed E-state index contributed by atoms with van der Waals surface area (Å²) >= 11 is 0. The van der Waals surface area contributed by atoms with Crippen LogP contribution in [0.1, 0.15) is 85.0 Å². The molecule has 1 saturated heterocycles. The number of ether oxygens (including phenoxy) is 2. The van der Waals surface area contributed by atoms with E-state index in [0.717, 1.165) is 68.4 Å². The van der Waals surface area contributed by atoms with E-state index in [-0.39, 0.29) is 24.3 Å². The summed E-state index contributed by atoms with van der Waals surface area (Å²) in [4.78, 5) is 45.8. The Bertz CT molecular complexity index is 2100. The summed E-state index contributed by atoms with van der Waals surface area (Å²) in [6, 6.07) is 18.6. The SMILES string of the molecule is CC1=CC(c2ncc(-c3ccc4cc(-c5ccc6nc([C@@H]7CCCN7C(=O)OC(C)(C)C)[nH]c6c5)ccc4c3)[nH]2)N(C(=O)OC(C)(C)C)C1. The number of nitrogens with zero attached hydrogens (tertiary/aromatic N) is 4. The lowest BCUT2D eigenvalue weighted by atomic mass is 9.99. The minimum Gasteiger partial charge on any atom is -0.444 e. The molecule has 2 aliphatic heterocycles. The number of imidazole rings is 2. The van der Waals surface area contributed by atoms with Gasteiger partial charge in [0.15, 0.2) is 0 Å². The van der Waals surface area contributed by atoms with E-state index in [0.29, 0.717) is 18.9 Å². The van der Waals surface area contributed by atoms with Crippen LogP contribution in [-0.2, 0) is 9.47 Å². The van der Waals surface area contributed by atoms with E-state index in [1.807, 2.05) is 60.7 Å². The van der Waals surface area contributed by atoms with Crippen molar-refractivity contribution in [2.75, 3.05) is 13.1 Å². The van der Waals surface area contributed by atoms with Crippen molar-refractivity contribution in [1.82, 2.24) is 29.7 Å². The maximum Gasteiger partial charge on any atom is 0.411 e. The Morgan fingerprint density at radius 3 is 2.14 bits per heavy atom. The normalized spacial score (nSPS) is 18.4. The smallest absolute Gasteiger partial charge is 0.411 e. The highest BCUT2D eigenvalue weighted by Crippen LogP contribution is 2.35. The molecule has 4 heterocycles. The van der Waals surface area contributed by atoms with Gasteiger partial charge in [0, 0.05) is 18.7 Å². The molecule has 0 saturated carbocycles. The van der Waals surface area contributed by atoms with Crippen LogP contribution in [0.4, 0.5) is 9.59 Å². The lowest BCUT2D eigenvalue weighted by molar-refractivity contribution is 0.0213. The third kappa shape index (κ3) is 6.77. The molecule has 2 aliphatic rings. The predicted octanol–water partition coefficient (Wildman–Crippen LogP) is 9.08. The third-order valence-corrected chi connectivity index (χ3v) is 8.88. The number of hydrogen-bond acceptors (Lipinski definition) is 6. The summed E-state index contributed by atoms with van der Waals surface area (Å²) < 4.78 is 11.3. The number of nitrogens with one attached hydrogen (secondary N) is 2. The Balaban J connectivity index is 1.10. The number of H-pyrrole nitrogens is 2. The number of amides is 2. The van der Waals surface area contributed by atoms with Crippen molar-refractivity contribution in [2.24, 2.45) is 0 Å². The molecular formula is C39H44N6O4. The van der Waals surface area contributed by atoms with E-state index in [1.54, 1.807) is 9.80 Å². The van der Waals surface area contributed by atoms with Gasteiger partial charge in [0.2, 0.25) is 0 Å². The van der Waals surface area contributed by atoms with Crippen molar-refractivity contribution < 1.29 is 19.1 Å². The van der Waals surface area contributed by atoms with Crippen LogP contribution in [0.15, 0.2) is 72.4 Å². The lowest BCUT2D eigenvalue weighted by Crippen LogP contribution is -2.37. The first kappa shape index (κ1) is 32.4. The number of aromatic nitrogens is 4. The molecule has 2 aromatic heterocycles. The summed E-state index contributed by atoms with van der Waals surface area (Å²) in [6.45, 7) is 14.5. The highest BCUT2D eigenvalue weighted by molar-refractivity contribution is 5.92. The molecule has 1 unspecified atom stereocenters. The lowest BCUT2D eigenvalue weighted by Gasteiger charge is -2.27. The number of hydrogen-bond donors (Lipinski definition) is 2. The van der Waals surface area contributed by atoms with Crippen molar-refractivity contribution in [1.29, 1.82) is 0 Å². The highest BCUT2D eigenvalue weighted by Gasteiger charge is 2.36. The van der Waals surface area contributed by atoms with Gasteiger partial charge < -0.3 is 19.4 Å². The molecule has 0 aliphatic carbocycles.